The van der Waals surface area contributed by atoms with Crippen molar-refractivity contribution in [1.29, 1.82) is 0 Å². The molecule has 5 nitrogen and oxygen atoms in total. The average Bonchev–Trinajstić information content (AvgIpc) is 3.18. The Morgan fingerprint density at radius 3 is 2.05 bits per heavy atom. The van der Waals surface area contributed by atoms with Crippen LogP contribution in [0.1, 0.15) is 26.7 Å². The van der Waals surface area contributed by atoms with Gasteiger partial charge in [-0.1, -0.05) is 6.92 Å². The zero-order valence-electron chi connectivity index (χ0n) is 13.7. The van der Waals surface area contributed by atoms with E-state index in [0.29, 0.717) is 5.92 Å². The topological polar surface area (TPSA) is 43.9 Å². The van der Waals surface area contributed by atoms with Crippen LogP contribution >= 0.6 is 0 Å². The van der Waals surface area contributed by atoms with E-state index in [-0.39, 0.29) is 6.04 Å². The van der Waals surface area contributed by atoms with Gasteiger partial charge in [0.1, 0.15) is 0 Å². The number of carbonyl (C=O) groups is 2. The van der Waals surface area contributed by atoms with E-state index in [4.69, 9.17) is 0 Å². The monoisotopic (exact) mass is 283 g/mol. The first-order valence-corrected chi connectivity index (χ1v) is 7.41. The molecule has 0 bridgehead atoms. The van der Waals surface area contributed by atoms with Crippen molar-refractivity contribution in [3.63, 3.8) is 0 Å². The van der Waals surface area contributed by atoms with E-state index in [2.05, 4.69) is 18.9 Å². The lowest BCUT2D eigenvalue weighted by Crippen LogP contribution is -2.48. The van der Waals surface area contributed by atoms with Gasteiger partial charge in [0, 0.05) is 40.3 Å². The lowest BCUT2D eigenvalue weighted by Gasteiger charge is -2.32. The first-order valence-electron chi connectivity index (χ1n) is 7.41. The van der Waals surface area contributed by atoms with Crippen molar-refractivity contribution in [2.45, 2.75) is 32.7 Å². The molecule has 0 aromatic rings. The molecule has 0 N–H and O–H groups in total. The molecule has 1 saturated carbocycles. The molecule has 0 aliphatic heterocycles. The minimum absolute atomic E-state index is 0.0491. The number of amides is 2. The maximum Gasteiger partial charge on any atom is 0.312 e. The molecule has 0 aromatic heterocycles. The van der Waals surface area contributed by atoms with Gasteiger partial charge in [-0.05, 0) is 38.6 Å². The number of hydrogen-bond acceptors (Lipinski definition) is 3. The molecule has 0 heterocycles. The van der Waals surface area contributed by atoms with Crippen molar-refractivity contribution in [2.24, 2.45) is 11.8 Å². The third kappa shape index (κ3) is 4.78. The molecule has 1 aliphatic rings. The summed E-state index contributed by atoms with van der Waals surface area (Å²) in [5, 5.41) is 0. The van der Waals surface area contributed by atoms with E-state index in [1.165, 1.54) is 17.7 Å². The number of nitrogens with zero attached hydrogens (tertiary/aromatic N) is 3. The Labute approximate surface area is 122 Å². The van der Waals surface area contributed by atoms with Crippen LogP contribution in [0.2, 0.25) is 0 Å². The van der Waals surface area contributed by atoms with E-state index in [0.717, 1.165) is 19.0 Å². The van der Waals surface area contributed by atoms with Crippen LogP contribution in [0, 0.1) is 11.8 Å². The smallest absolute Gasteiger partial charge is 0.312 e. The van der Waals surface area contributed by atoms with E-state index < -0.39 is 11.8 Å². The standard InChI is InChI=1S/C15H29N3O2/c1-11(9-17(5)10-13-7-8-13)12(2)18(6)15(20)14(19)16(3)4/h11-13H,7-10H2,1-6H3. The molecular formula is C15H29N3O2. The molecule has 0 aromatic carbocycles. The van der Waals surface area contributed by atoms with Crippen molar-refractivity contribution >= 4 is 11.8 Å². The summed E-state index contributed by atoms with van der Waals surface area (Å²) in [6, 6.07) is 0.0491. The zero-order valence-corrected chi connectivity index (χ0v) is 13.7. The van der Waals surface area contributed by atoms with Crippen LogP contribution in [0.4, 0.5) is 0 Å². The van der Waals surface area contributed by atoms with E-state index in [1.807, 2.05) is 6.92 Å². The molecule has 0 saturated heterocycles. The van der Waals surface area contributed by atoms with Gasteiger partial charge < -0.3 is 14.7 Å². The summed E-state index contributed by atoms with van der Waals surface area (Å²) in [5.74, 6) is 0.317. The largest absolute Gasteiger partial charge is 0.341 e. The highest BCUT2D eigenvalue weighted by Gasteiger charge is 2.29. The van der Waals surface area contributed by atoms with Gasteiger partial charge >= 0.3 is 11.8 Å². The quantitative estimate of drug-likeness (QED) is 0.680. The van der Waals surface area contributed by atoms with Crippen LogP contribution in [0.15, 0.2) is 0 Å². The maximum absolute atomic E-state index is 12.0. The molecule has 2 atom stereocenters. The van der Waals surface area contributed by atoms with Gasteiger partial charge in [-0.15, -0.1) is 0 Å². The summed E-state index contributed by atoms with van der Waals surface area (Å²) in [7, 11) is 7.05. The van der Waals surface area contributed by atoms with Crippen molar-refractivity contribution in [2.75, 3.05) is 41.3 Å². The lowest BCUT2D eigenvalue weighted by molar-refractivity contribution is -0.151. The minimum atomic E-state index is -0.460. The van der Waals surface area contributed by atoms with Gasteiger partial charge in [0.15, 0.2) is 0 Å². The Balaban J connectivity index is 2.47. The molecule has 1 rings (SSSR count). The molecular weight excluding hydrogens is 254 g/mol. The van der Waals surface area contributed by atoms with Crippen LogP contribution in [-0.2, 0) is 9.59 Å². The second kappa shape index (κ2) is 7.07. The Kier molecular flexibility index (Phi) is 5.99. The van der Waals surface area contributed by atoms with Gasteiger partial charge in [0.2, 0.25) is 0 Å². The van der Waals surface area contributed by atoms with Gasteiger partial charge in [0.25, 0.3) is 0 Å². The highest BCUT2D eigenvalue weighted by atomic mass is 16.2. The molecule has 0 spiro atoms. The van der Waals surface area contributed by atoms with Crippen molar-refractivity contribution in [3.05, 3.63) is 0 Å². The van der Waals surface area contributed by atoms with Gasteiger partial charge in [-0.2, -0.15) is 0 Å². The molecule has 1 fully saturated rings. The Bertz CT molecular complexity index is 353. The third-order valence-corrected chi connectivity index (χ3v) is 4.21. The van der Waals surface area contributed by atoms with Crippen molar-refractivity contribution in [3.8, 4) is 0 Å². The van der Waals surface area contributed by atoms with E-state index in [9.17, 15) is 9.59 Å². The number of likely N-dealkylation sites (N-methyl/N-ethyl adjacent to an activating group) is 2. The average molecular weight is 283 g/mol. The molecule has 0 radical (unpaired) electrons. The normalized spacial score (nSPS) is 17.8. The molecule has 116 valence electrons. The fourth-order valence-corrected chi connectivity index (χ4v) is 2.37. The predicted octanol–water partition coefficient (Wildman–Crippen LogP) is 0.899. The van der Waals surface area contributed by atoms with Gasteiger partial charge in [0.05, 0.1) is 0 Å². The number of rotatable bonds is 6. The summed E-state index contributed by atoms with van der Waals surface area (Å²) in [6.07, 6.45) is 2.70. The fourth-order valence-electron chi connectivity index (χ4n) is 2.37. The molecule has 1 aliphatic carbocycles. The second-order valence-electron chi connectivity index (χ2n) is 6.50. The highest BCUT2D eigenvalue weighted by molar-refractivity contribution is 6.34. The van der Waals surface area contributed by atoms with Gasteiger partial charge in [-0.3, -0.25) is 9.59 Å². The fraction of sp³-hybridized carbons (Fsp3) is 0.867. The van der Waals surface area contributed by atoms with Crippen LogP contribution in [-0.4, -0.2) is 73.8 Å². The first-order chi connectivity index (χ1) is 9.23. The first kappa shape index (κ1) is 17.0. The molecule has 20 heavy (non-hydrogen) atoms. The molecule has 5 heteroatoms. The van der Waals surface area contributed by atoms with E-state index in [1.54, 1.807) is 26.0 Å². The van der Waals surface area contributed by atoms with Crippen LogP contribution in [0.3, 0.4) is 0 Å². The van der Waals surface area contributed by atoms with Gasteiger partial charge in [-0.25, -0.2) is 0 Å². The molecule has 2 unspecified atom stereocenters. The van der Waals surface area contributed by atoms with Crippen LogP contribution < -0.4 is 0 Å². The minimum Gasteiger partial charge on any atom is -0.341 e. The van der Waals surface area contributed by atoms with Crippen molar-refractivity contribution in [1.82, 2.24) is 14.7 Å². The molecule has 2 amide bonds. The summed E-state index contributed by atoms with van der Waals surface area (Å²) in [4.78, 5) is 29.0. The highest BCUT2D eigenvalue weighted by Crippen LogP contribution is 2.29. The third-order valence-electron chi connectivity index (χ3n) is 4.21. The van der Waals surface area contributed by atoms with Crippen LogP contribution in [0.25, 0.3) is 0 Å². The SMILES string of the molecule is CC(CN(C)CC1CC1)C(C)N(C)C(=O)C(=O)N(C)C. The van der Waals surface area contributed by atoms with Crippen LogP contribution in [0.5, 0.6) is 0 Å². The number of carbonyl (C=O) groups excluding carboxylic acids is 2. The summed E-state index contributed by atoms with van der Waals surface area (Å²) in [5.41, 5.74) is 0. The van der Waals surface area contributed by atoms with Crippen molar-refractivity contribution < 1.29 is 9.59 Å². The zero-order chi connectivity index (χ0) is 15.4. The summed E-state index contributed by atoms with van der Waals surface area (Å²) in [6.45, 7) is 6.24. The lowest BCUT2D eigenvalue weighted by atomic mass is 10.0. The second-order valence-corrected chi connectivity index (χ2v) is 6.50. The summed E-state index contributed by atoms with van der Waals surface area (Å²) < 4.78 is 0. The Morgan fingerprint density at radius 2 is 1.60 bits per heavy atom. The number of hydrogen-bond donors (Lipinski definition) is 0. The summed E-state index contributed by atoms with van der Waals surface area (Å²) >= 11 is 0. The maximum atomic E-state index is 12.0. The Hall–Kier alpha value is -1.10. The predicted molar refractivity (Wildman–Crippen MR) is 80.3 cm³/mol. The van der Waals surface area contributed by atoms with E-state index >= 15 is 0 Å². The Morgan fingerprint density at radius 1 is 1.05 bits per heavy atom.